The molecular weight excluding hydrogens is 334 g/mol. The second kappa shape index (κ2) is 5.95. The standard InChI is InChI=1S/C15H17N3O3S2/c1-10-13-7-9-22-14(13)6-8-18(10)15(19)17-11-2-4-12(5-3-11)23(16,20)21/h2-5,7,9-10H,6,8H2,1H3,(H,17,19)(H2,16,20,21)/t10-/m0/s1. The number of amides is 2. The first-order valence-electron chi connectivity index (χ1n) is 7.13. The summed E-state index contributed by atoms with van der Waals surface area (Å²) in [6.07, 6.45) is 0.856. The molecular formula is C15H17N3O3S2. The smallest absolute Gasteiger partial charge is 0.317 e. The molecule has 6 nitrogen and oxygen atoms in total. The Morgan fingerprint density at radius 2 is 2.00 bits per heavy atom. The number of primary sulfonamides is 1. The highest BCUT2D eigenvalue weighted by Gasteiger charge is 2.28. The van der Waals surface area contributed by atoms with E-state index in [-0.39, 0.29) is 17.0 Å². The maximum atomic E-state index is 12.5. The van der Waals surface area contributed by atoms with Crippen LogP contribution in [0.1, 0.15) is 23.4 Å². The summed E-state index contributed by atoms with van der Waals surface area (Å²) in [5, 5.41) is 9.90. The number of anilines is 1. The SMILES string of the molecule is C[C@H]1c2ccsc2CCN1C(=O)Nc1ccc(S(N)(=O)=O)cc1. The summed E-state index contributed by atoms with van der Waals surface area (Å²) >= 11 is 1.72. The summed E-state index contributed by atoms with van der Waals surface area (Å²) in [7, 11) is -3.73. The highest BCUT2D eigenvalue weighted by atomic mass is 32.2. The molecule has 1 atom stereocenters. The number of fused-ring (bicyclic) bond motifs is 1. The lowest BCUT2D eigenvalue weighted by Gasteiger charge is -2.33. The molecule has 0 spiro atoms. The molecule has 1 aliphatic rings. The number of hydrogen-bond donors (Lipinski definition) is 2. The van der Waals surface area contributed by atoms with E-state index in [1.807, 2.05) is 6.92 Å². The van der Waals surface area contributed by atoms with Crippen molar-refractivity contribution in [1.82, 2.24) is 4.90 Å². The summed E-state index contributed by atoms with van der Waals surface area (Å²) in [5.41, 5.74) is 1.73. The lowest BCUT2D eigenvalue weighted by Crippen LogP contribution is -2.40. The highest BCUT2D eigenvalue weighted by molar-refractivity contribution is 7.89. The van der Waals surface area contributed by atoms with E-state index in [1.165, 1.54) is 34.7 Å². The van der Waals surface area contributed by atoms with Crippen LogP contribution in [-0.2, 0) is 16.4 Å². The van der Waals surface area contributed by atoms with Crippen molar-refractivity contribution in [3.05, 3.63) is 46.2 Å². The Balaban J connectivity index is 1.73. The zero-order chi connectivity index (χ0) is 16.6. The van der Waals surface area contributed by atoms with Crippen LogP contribution >= 0.6 is 11.3 Å². The number of urea groups is 1. The van der Waals surface area contributed by atoms with Gasteiger partial charge < -0.3 is 10.2 Å². The number of benzene rings is 1. The molecule has 0 aliphatic carbocycles. The van der Waals surface area contributed by atoms with E-state index in [1.54, 1.807) is 16.2 Å². The molecule has 2 aromatic rings. The van der Waals surface area contributed by atoms with Gasteiger partial charge in [-0.15, -0.1) is 11.3 Å². The van der Waals surface area contributed by atoms with Gasteiger partial charge >= 0.3 is 6.03 Å². The van der Waals surface area contributed by atoms with Crippen molar-refractivity contribution < 1.29 is 13.2 Å². The van der Waals surface area contributed by atoms with Crippen LogP contribution in [0.5, 0.6) is 0 Å². The minimum atomic E-state index is -3.73. The number of sulfonamides is 1. The van der Waals surface area contributed by atoms with Crippen LogP contribution in [0.2, 0.25) is 0 Å². The van der Waals surface area contributed by atoms with Crippen LogP contribution in [0.15, 0.2) is 40.6 Å². The van der Waals surface area contributed by atoms with E-state index in [9.17, 15) is 13.2 Å². The van der Waals surface area contributed by atoms with Gasteiger partial charge in [-0.3, -0.25) is 0 Å². The zero-order valence-electron chi connectivity index (χ0n) is 12.5. The van der Waals surface area contributed by atoms with Crippen LogP contribution in [0.25, 0.3) is 0 Å². The first kappa shape index (κ1) is 16.0. The van der Waals surface area contributed by atoms with Crippen LogP contribution in [0.3, 0.4) is 0 Å². The van der Waals surface area contributed by atoms with Crippen molar-refractivity contribution in [3.63, 3.8) is 0 Å². The van der Waals surface area contributed by atoms with Crippen LogP contribution < -0.4 is 10.5 Å². The van der Waals surface area contributed by atoms with Gasteiger partial charge in [-0.05, 0) is 54.6 Å². The number of nitrogens with one attached hydrogen (secondary N) is 1. The van der Waals surface area contributed by atoms with Crippen LogP contribution in [0, 0.1) is 0 Å². The molecule has 3 N–H and O–H groups in total. The molecule has 122 valence electrons. The van der Waals surface area contributed by atoms with Crippen molar-refractivity contribution in [3.8, 4) is 0 Å². The minimum Gasteiger partial charge on any atom is -0.317 e. The van der Waals surface area contributed by atoms with Crippen molar-refractivity contribution in [1.29, 1.82) is 0 Å². The second-order valence-electron chi connectivity index (χ2n) is 5.42. The number of hydrogen-bond acceptors (Lipinski definition) is 4. The molecule has 0 saturated carbocycles. The average molecular weight is 351 g/mol. The van der Waals surface area contributed by atoms with E-state index in [4.69, 9.17) is 5.14 Å². The third kappa shape index (κ3) is 3.24. The van der Waals surface area contributed by atoms with Gasteiger partial charge in [0, 0.05) is 17.1 Å². The number of thiophene rings is 1. The number of rotatable bonds is 2. The summed E-state index contributed by atoms with van der Waals surface area (Å²) in [6, 6.07) is 7.70. The van der Waals surface area contributed by atoms with E-state index in [2.05, 4.69) is 16.8 Å². The van der Waals surface area contributed by atoms with Gasteiger partial charge in [0.1, 0.15) is 0 Å². The lowest BCUT2D eigenvalue weighted by molar-refractivity contribution is 0.189. The molecule has 1 aromatic heterocycles. The van der Waals surface area contributed by atoms with E-state index in [0.717, 1.165) is 6.42 Å². The fraction of sp³-hybridized carbons (Fsp3) is 0.267. The van der Waals surface area contributed by atoms with Gasteiger partial charge in [-0.1, -0.05) is 0 Å². The van der Waals surface area contributed by atoms with Crippen molar-refractivity contribution in [2.45, 2.75) is 24.3 Å². The maximum Gasteiger partial charge on any atom is 0.322 e. The Morgan fingerprint density at radius 1 is 1.30 bits per heavy atom. The van der Waals surface area contributed by atoms with Crippen molar-refractivity contribution in [2.24, 2.45) is 5.14 Å². The predicted octanol–water partition coefficient (Wildman–Crippen LogP) is 2.55. The largest absolute Gasteiger partial charge is 0.322 e. The summed E-state index contributed by atoms with van der Waals surface area (Å²) in [5.74, 6) is 0. The quantitative estimate of drug-likeness (QED) is 0.871. The van der Waals surface area contributed by atoms with Crippen molar-refractivity contribution >= 4 is 33.1 Å². The molecule has 3 rings (SSSR count). The average Bonchev–Trinajstić information content (AvgIpc) is 2.96. The first-order chi connectivity index (χ1) is 10.9. The molecule has 0 fully saturated rings. The zero-order valence-corrected chi connectivity index (χ0v) is 14.2. The Hall–Kier alpha value is -1.90. The molecule has 1 aromatic carbocycles. The fourth-order valence-corrected chi connectivity index (χ4v) is 4.19. The Morgan fingerprint density at radius 3 is 2.65 bits per heavy atom. The van der Waals surface area contributed by atoms with E-state index >= 15 is 0 Å². The van der Waals surface area contributed by atoms with Gasteiger partial charge in [0.25, 0.3) is 0 Å². The Labute approximate surface area is 139 Å². The third-order valence-electron chi connectivity index (χ3n) is 3.97. The minimum absolute atomic E-state index is 0.0183. The molecule has 0 unspecified atom stereocenters. The van der Waals surface area contributed by atoms with Crippen LogP contribution in [0.4, 0.5) is 10.5 Å². The van der Waals surface area contributed by atoms with E-state index in [0.29, 0.717) is 12.2 Å². The monoisotopic (exact) mass is 351 g/mol. The fourth-order valence-electron chi connectivity index (χ4n) is 2.71. The van der Waals surface area contributed by atoms with E-state index < -0.39 is 10.0 Å². The second-order valence-corrected chi connectivity index (χ2v) is 7.98. The first-order valence-corrected chi connectivity index (χ1v) is 9.55. The molecule has 0 radical (unpaired) electrons. The molecule has 23 heavy (non-hydrogen) atoms. The Kier molecular flexibility index (Phi) is 4.13. The van der Waals surface area contributed by atoms with Gasteiger partial charge in [0.2, 0.25) is 10.0 Å². The van der Waals surface area contributed by atoms with Gasteiger partial charge in [0.15, 0.2) is 0 Å². The molecule has 2 heterocycles. The number of nitrogens with zero attached hydrogens (tertiary/aromatic N) is 1. The number of carbonyl (C=O) groups is 1. The van der Waals surface area contributed by atoms with Crippen molar-refractivity contribution in [2.75, 3.05) is 11.9 Å². The summed E-state index contributed by atoms with van der Waals surface area (Å²) < 4.78 is 22.5. The summed E-state index contributed by atoms with van der Waals surface area (Å²) in [6.45, 7) is 2.67. The molecule has 0 bridgehead atoms. The number of nitrogens with two attached hydrogens (primary N) is 1. The van der Waals surface area contributed by atoms with Crippen LogP contribution in [-0.4, -0.2) is 25.9 Å². The van der Waals surface area contributed by atoms with Gasteiger partial charge in [-0.25, -0.2) is 18.4 Å². The molecule has 0 saturated heterocycles. The maximum absolute atomic E-state index is 12.5. The predicted molar refractivity (Wildman–Crippen MR) is 90.0 cm³/mol. The summed E-state index contributed by atoms with van der Waals surface area (Å²) in [4.78, 5) is 15.6. The normalized spacial score (nSPS) is 17.7. The Bertz CT molecular complexity index is 828. The molecule has 8 heteroatoms. The highest BCUT2D eigenvalue weighted by Crippen LogP contribution is 2.33. The lowest BCUT2D eigenvalue weighted by atomic mass is 10.0. The van der Waals surface area contributed by atoms with Gasteiger partial charge in [-0.2, -0.15) is 0 Å². The number of carbonyl (C=O) groups excluding carboxylic acids is 1. The molecule has 1 aliphatic heterocycles. The van der Waals surface area contributed by atoms with Gasteiger partial charge in [0.05, 0.1) is 10.9 Å². The topological polar surface area (TPSA) is 92.5 Å². The molecule has 2 amide bonds. The third-order valence-corrected chi connectivity index (χ3v) is 5.90.